The molecular weight excluding hydrogens is 324 g/mol. The number of carbonyl (C=O) groups excluding carboxylic acids is 1. The van der Waals surface area contributed by atoms with Gasteiger partial charge in [0.2, 0.25) is 0 Å². The second-order valence-corrected chi connectivity index (χ2v) is 10.4. The van der Waals surface area contributed by atoms with Gasteiger partial charge in [0, 0.05) is 0 Å². The molecule has 0 unspecified atom stereocenters. The van der Waals surface area contributed by atoms with Crippen LogP contribution in [0, 0.1) is 0 Å². The molecule has 0 aliphatic carbocycles. The molecule has 0 bridgehead atoms. The zero-order valence-corrected chi connectivity index (χ0v) is 16.7. The van der Waals surface area contributed by atoms with Crippen molar-refractivity contribution < 1.29 is 38.6 Å². The van der Waals surface area contributed by atoms with E-state index in [-0.39, 0.29) is 30.5 Å². The first-order valence-corrected chi connectivity index (χ1v) is 10.9. The van der Waals surface area contributed by atoms with E-state index in [9.17, 15) is 4.79 Å². The SMILES string of the molecule is C=C(C)C(=O)[O][Ti]([O]CC)([O]C(C)C)([O]C(C)C)[O]C(C)C. The van der Waals surface area contributed by atoms with E-state index in [1.165, 1.54) is 0 Å². The normalized spacial score (nSPS) is 14.2. The van der Waals surface area contributed by atoms with Gasteiger partial charge in [-0.1, -0.05) is 0 Å². The van der Waals surface area contributed by atoms with Gasteiger partial charge in [-0.05, 0) is 0 Å². The van der Waals surface area contributed by atoms with Crippen molar-refractivity contribution in [3.8, 4) is 0 Å². The van der Waals surface area contributed by atoms with Crippen molar-refractivity contribution in [2.75, 3.05) is 6.61 Å². The number of hydrogen-bond donors (Lipinski definition) is 0. The zero-order chi connectivity index (χ0) is 17.6. The molecule has 0 aliphatic rings. The Balaban J connectivity index is 6.04. The van der Waals surface area contributed by atoms with E-state index in [0.29, 0.717) is 0 Å². The summed E-state index contributed by atoms with van der Waals surface area (Å²) in [6.07, 6.45) is -0.920. The van der Waals surface area contributed by atoms with Crippen molar-refractivity contribution in [2.45, 2.75) is 73.7 Å². The van der Waals surface area contributed by atoms with E-state index in [4.69, 9.17) is 16.6 Å². The van der Waals surface area contributed by atoms with Gasteiger partial charge in [-0.3, -0.25) is 0 Å². The Morgan fingerprint density at radius 1 is 0.955 bits per heavy atom. The first kappa shape index (κ1) is 21.8. The third kappa shape index (κ3) is 6.48. The van der Waals surface area contributed by atoms with Crippen LogP contribution in [0.4, 0.5) is 0 Å². The van der Waals surface area contributed by atoms with Gasteiger partial charge in [-0.15, -0.1) is 0 Å². The Morgan fingerprint density at radius 2 is 1.32 bits per heavy atom. The molecule has 131 valence electrons. The summed E-state index contributed by atoms with van der Waals surface area (Å²) in [6, 6.07) is 0. The molecule has 22 heavy (non-hydrogen) atoms. The topological polar surface area (TPSA) is 63.2 Å². The van der Waals surface area contributed by atoms with Gasteiger partial charge in [-0.25, -0.2) is 0 Å². The fourth-order valence-electron chi connectivity index (χ4n) is 1.92. The predicted molar refractivity (Wildman–Crippen MR) is 81.2 cm³/mol. The van der Waals surface area contributed by atoms with Crippen LogP contribution in [0.3, 0.4) is 0 Å². The van der Waals surface area contributed by atoms with E-state index >= 15 is 0 Å². The van der Waals surface area contributed by atoms with Gasteiger partial charge in [0.25, 0.3) is 0 Å². The summed E-state index contributed by atoms with van der Waals surface area (Å²) >= 11 is -5.41. The van der Waals surface area contributed by atoms with Crippen LogP contribution < -0.4 is 0 Å². The Morgan fingerprint density at radius 3 is 1.55 bits per heavy atom. The van der Waals surface area contributed by atoms with Crippen LogP contribution in [0.2, 0.25) is 0 Å². The molecule has 0 N–H and O–H groups in total. The molecular formula is C15H31O6Ti. The van der Waals surface area contributed by atoms with Crippen molar-refractivity contribution >= 4 is 5.97 Å². The van der Waals surface area contributed by atoms with Crippen molar-refractivity contribution in [2.24, 2.45) is 0 Å². The van der Waals surface area contributed by atoms with Gasteiger partial charge in [0.1, 0.15) is 0 Å². The quantitative estimate of drug-likeness (QED) is 0.440. The Hall–Kier alpha value is -0.236. The molecule has 6 nitrogen and oxygen atoms in total. The van der Waals surface area contributed by atoms with Crippen LogP contribution in [0.25, 0.3) is 0 Å². The molecule has 0 rings (SSSR count). The molecule has 0 aliphatic heterocycles. The summed E-state index contributed by atoms with van der Waals surface area (Å²) in [4.78, 5) is 12.2. The van der Waals surface area contributed by atoms with Crippen molar-refractivity contribution in [1.82, 2.24) is 0 Å². The molecule has 0 saturated carbocycles. The van der Waals surface area contributed by atoms with E-state index in [1.807, 2.05) is 41.5 Å². The van der Waals surface area contributed by atoms with Crippen molar-refractivity contribution in [3.63, 3.8) is 0 Å². The maximum atomic E-state index is 12.2. The van der Waals surface area contributed by atoms with Crippen LogP contribution in [-0.2, 0) is 38.6 Å². The molecule has 0 saturated heterocycles. The molecule has 0 aromatic rings. The molecule has 0 fully saturated rings. The van der Waals surface area contributed by atoms with E-state index in [0.717, 1.165) is 0 Å². The van der Waals surface area contributed by atoms with Crippen LogP contribution in [0.15, 0.2) is 12.2 Å². The van der Waals surface area contributed by atoms with Crippen LogP contribution in [-0.4, -0.2) is 30.9 Å². The molecule has 0 heterocycles. The van der Waals surface area contributed by atoms with Crippen LogP contribution >= 0.6 is 0 Å². The first-order valence-electron chi connectivity index (χ1n) is 7.70. The fraction of sp³-hybridized carbons (Fsp3) is 0.800. The summed E-state index contributed by atoms with van der Waals surface area (Å²) in [5.74, 6) is -0.646. The molecule has 0 aromatic carbocycles. The minimum absolute atomic E-state index is 0.224. The molecule has 0 amide bonds. The van der Waals surface area contributed by atoms with Gasteiger partial charge in [0.05, 0.1) is 0 Å². The molecule has 7 heteroatoms. The summed E-state index contributed by atoms with van der Waals surface area (Å²) in [6.45, 7) is 18.0. The van der Waals surface area contributed by atoms with Gasteiger partial charge >= 0.3 is 137 Å². The zero-order valence-electron chi connectivity index (χ0n) is 15.1. The summed E-state index contributed by atoms with van der Waals surface area (Å²) in [7, 11) is 0. The van der Waals surface area contributed by atoms with E-state index in [2.05, 4.69) is 6.58 Å². The minimum atomic E-state index is -5.41. The van der Waals surface area contributed by atoms with Crippen molar-refractivity contribution in [1.29, 1.82) is 0 Å². The average molecular weight is 355 g/mol. The second-order valence-electron chi connectivity index (χ2n) is 5.94. The van der Waals surface area contributed by atoms with E-state index in [1.54, 1.807) is 13.8 Å². The first-order chi connectivity index (χ1) is 9.95. The number of rotatable bonds is 10. The Kier molecular flexibility index (Phi) is 8.48. The molecule has 0 atom stereocenters. The maximum absolute atomic E-state index is 12.2. The number of hydrogen-bond acceptors (Lipinski definition) is 6. The monoisotopic (exact) mass is 355 g/mol. The molecule has 0 aromatic heterocycles. The summed E-state index contributed by atoms with van der Waals surface area (Å²) in [5.41, 5.74) is 0.224. The van der Waals surface area contributed by atoms with E-state index < -0.39 is 23.2 Å². The summed E-state index contributed by atoms with van der Waals surface area (Å²) < 4.78 is 29.3. The third-order valence-corrected chi connectivity index (χ3v) is 8.28. The predicted octanol–water partition coefficient (Wildman–Crippen LogP) is 3.68. The Bertz CT molecular complexity index is 362. The van der Waals surface area contributed by atoms with Gasteiger partial charge in [-0.2, -0.15) is 0 Å². The molecule has 0 spiro atoms. The van der Waals surface area contributed by atoms with Crippen LogP contribution in [0.5, 0.6) is 0 Å². The standard InChI is InChI=1S/C4H6O2.3C3H7O.C2H5O.Ti/c1-3(2)4(5)6;3*1-3(2)4;1-2-3;/h1H2,2H3,(H,5,6);3*3H,1-2H3;2H2,1H3;/q;4*-1;+5/p-1. The Labute approximate surface area is 137 Å². The third-order valence-electron chi connectivity index (χ3n) is 2.27. The fourth-order valence-corrected chi connectivity index (χ4v) is 7.90. The van der Waals surface area contributed by atoms with Crippen molar-refractivity contribution in [3.05, 3.63) is 12.2 Å². The molecule has 0 radical (unpaired) electrons. The average Bonchev–Trinajstić information content (AvgIpc) is 2.24. The van der Waals surface area contributed by atoms with Gasteiger partial charge in [0.15, 0.2) is 0 Å². The second kappa shape index (κ2) is 8.57. The van der Waals surface area contributed by atoms with Gasteiger partial charge < -0.3 is 0 Å². The van der Waals surface area contributed by atoms with Crippen LogP contribution in [0.1, 0.15) is 55.4 Å². The summed E-state index contributed by atoms with van der Waals surface area (Å²) in [5, 5.41) is 0. The number of carbonyl (C=O) groups is 1.